The smallest absolute Gasteiger partial charge is 0.315 e. The zero-order valence-corrected chi connectivity index (χ0v) is 10.4. The molecule has 0 atom stereocenters. The molecule has 3 N–H and O–H groups in total. The van der Waals surface area contributed by atoms with Crippen LogP contribution in [0.5, 0.6) is 0 Å². The molecule has 0 heterocycles. The summed E-state index contributed by atoms with van der Waals surface area (Å²) in [6.07, 6.45) is -0.167. The second kappa shape index (κ2) is 4.92. The molecule has 0 aliphatic carbocycles. The molecule has 0 bridgehead atoms. The minimum atomic E-state index is -0.928. The van der Waals surface area contributed by atoms with Gasteiger partial charge in [0, 0.05) is 11.3 Å². The molecule has 0 unspecified atom stereocenters. The highest BCUT2D eigenvalue weighted by molar-refractivity contribution is 5.70. The van der Waals surface area contributed by atoms with Crippen LogP contribution in [-0.4, -0.2) is 11.1 Å². The second-order valence-electron chi connectivity index (χ2n) is 4.92. The van der Waals surface area contributed by atoms with E-state index in [1.165, 1.54) is 0 Å². The van der Waals surface area contributed by atoms with E-state index in [9.17, 15) is 4.79 Å². The molecule has 0 saturated heterocycles. The standard InChI is InChI=1S/C14H17NO2/c1-14(2,3)11-7-8-12(15)10(9-11)5-4-6-13(16)17/h7-9H,6,15H2,1-3H3,(H,16,17). The van der Waals surface area contributed by atoms with Crippen molar-refractivity contribution in [2.45, 2.75) is 32.6 Å². The third-order valence-electron chi connectivity index (χ3n) is 2.38. The summed E-state index contributed by atoms with van der Waals surface area (Å²) in [5, 5.41) is 8.51. The fourth-order valence-corrected chi connectivity index (χ4v) is 1.35. The van der Waals surface area contributed by atoms with Gasteiger partial charge in [-0.3, -0.25) is 4.79 Å². The molecule has 3 heteroatoms. The first kappa shape index (κ1) is 13.1. The summed E-state index contributed by atoms with van der Waals surface area (Å²) in [5.41, 5.74) is 8.23. The number of aliphatic carboxylic acids is 1. The van der Waals surface area contributed by atoms with Gasteiger partial charge >= 0.3 is 5.97 Å². The number of carboxylic acid groups (broad SMARTS) is 1. The van der Waals surface area contributed by atoms with Crippen molar-refractivity contribution in [1.82, 2.24) is 0 Å². The monoisotopic (exact) mass is 231 g/mol. The van der Waals surface area contributed by atoms with E-state index in [1.54, 1.807) is 0 Å². The predicted molar refractivity (Wildman–Crippen MR) is 68.7 cm³/mol. The van der Waals surface area contributed by atoms with Crippen LogP contribution < -0.4 is 5.73 Å². The van der Waals surface area contributed by atoms with Crippen molar-refractivity contribution in [3.05, 3.63) is 29.3 Å². The lowest BCUT2D eigenvalue weighted by Gasteiger charge is -2.19. The van der Waals surface area contributed by atoms with Gasteiger partial charge in [-0.05, 0) is 23.1 Å². The summed E-state index contributed by atoms with van der Waals surface area (Å²) < 4.78 is 0. The molecule has 90 valence electrons. The summed E-state index contributed by atoms with van der Waals surface area (Å²) in [7, 11) is 0. The Hall–Kier alpha value is -1.95. The van der Waals surface area contributed by atoms with Crippen molar-refractivity contribution in [2.24, 2.45) is 0 Å². The maximum Gasteiger partial charge on any atom is 0.315 e. The third kappa shape index (κ3) is 3.84. The van der Waals surface area contributed by atoms with Gasteiger partial charge in [0.25, 0.3) is 0 Å². The molecule has 17 heavy (non-hydrogen) atoms. The SMILES string of the molecule is CC(C)(C)c1ccc(N)c(C#CCC(=O)O)c1. The Balaban J connectivity index is 3.06. The molecule has 0 aliphatic heterocycles. The Kier molecular flexibility index (Phi) is 3.80. The highest BCUT2D eigenvalue weighted by atomic mass is 16.4. The van der Waals surface area contributed by atoms with E-state index in [4.69, 9.17) is 10.8 Å². The lowest BCUT2D eigenvalue weighted by Crippen LogP contribution is -2.11. The van der Waals surface area contributed by atoms with Crippen molar-refractivity contribution < 1.29 is 9.90 Å². The molecule has 0 spiro atoms. The Labute approximate surface area is 102 Å². The molecule has 0 amide bonds. The average molecular weight is 231 g/mol. The lowest BCUT2D eigenvalue weighted by molar-refractivity contribution is -0.135. The normalized spacial score (nSPS) is 10.5. The van der Waals surface area contributed by atoms with Crippen LogP contribution in [0.1, 0.15) is 38.3 Å². The van der Waals surface area contributed by atoms with Gasteiger partial charge in [-0.1, -0.05) is 38.7 Å². The minimum absolute atomic E-state index is 0.0247. The fourth-order valence-electron chi connectivity index (χ4n) is 1.35. The minimum Gasteiger partial charge on any atom is -0.481 e. The molecule has 3 nitrogen and oxygen atoms in total. The van der Waals surface area contributed by atoms with Crippen LogP contribution in [0.4, 0.5) is 5.69 Å². The van der Waals surface area contributed by atoms with E-state index in [0.29, 0.717) is 11.3 Å². The van der Waals surface area contributed by atoms with Gasteiger partial charge in [0.05, 0.1) is 0 Å². The Morgan fingerprint density at radius 2 is 2.06 bits per heavy atom. The molecule has 1 aromatic carbocycles. The van der Waals surface area contributed by atoms with Gasteiger partial charge in [-0.2, -0.15) is 0 Å². The van der Waals surface area contributed by atoms with Gasteiger partial charge in [0.15, 0.2) is 0 Å². The van der Waals surface area contributed by atoms with Gasteiger partial charge in [0.2, 0.25) is 0 Å². The van der Waals surface area contributed by atoms with Crippen molar-refractivity contribution in [1.29, 1.82) is 0 Å². The van der Waals surface area contributed by atoms with Crippen LogP contribution in [0.25, 0.3) is 0 Å². The molecule has 0 saturated carbocycles. The Bertz CT molecular complexity index is 487. The van der Waals surface area contributed by atoms with Crippen LogP contribution in [0.15, 0.2) is 18.2 Å². The summed E-state index contributed by atoms with van der Waals surface area (Å²) in [5.74, 6) is 4.46. The summed E-state index contributed by atoms with van der Waals surface area (Å²) in [6.45, 7) is 6.31. The van der Waals surface area contributed by atoms with Crippen molar-refractivity contribution in [3.63, 3.8) is 0 Å². The molecule has 0 aliphatic rings. The van der Waals surface area contributed by atoms with Crippen LogP contribution in [-0.2, 0) is 10.2 Å². The van der Waals surface area contributed by atoms with Gasteiger partial charge < -0.3 is 10.8 Å². The molecule has 1 rings (SSSR count). The van der Waals surface area contributed by atoms with E-state index in [2.05, 4.69) is 32.6 Å². The summed E-state index contributed by atoms with van der Waals surface area (Å²) in [6, 6.07) is 5.70. The van der Waals surface area contributed by atoms with Gasteiger partial charge in [-0.25, -0.2) is 0 Å². The molecule has 0 aromatic heterocycles. The number of hydrogen-bond acceptors (Lipinski definition) is 2. The molecular weight excluding hydrogens is 214 g/mol. The second-order valence-corrected chi connectivity index (χ2v) is 4.92. The lowest BCUT2D eigenvalue weighted by atomic mass is 9.86. The van der Waals surface area contributed by atoms with Crippen LogP contribution in [0, 0.1) is 11.8 Å². The number of carbonyl (C=O) groups is 1. The molecular formula is C14H17NO2. The number of anilines is 1. The number of nitrogens with two attached hydrogens (primary N) is 1. The van der Waals surface area contributed by atoms with Crippen molar-refractivity contribution in [2.75, 3.05) is 5.73 Å². The van der Waals surface area contributed by atoms with E-state index >= 15 is 0 Å². The largest absolute Gasteiger partial charge is 0.481 e. The van der Waals surface area contributed by atoms with Crippen molar-refractivity contribution in [3.8, 4) is 11.8 Å². The Morgan fingerprint density at radius 1 is 1.41 bits per heavy atom. The van der Waals surface area contributed by atoms with Crippen LogP contribution in [0.3, 0.4) is 0 Å². The zero-order chi connectivity index (χ0) is 13.1. The topological polar surface area (TPSA) is 63.3 Å². The first-order valence-electron chi connectivity index (χ1n) is 5.41. The maximum absolute atomic E-state index is 10.4. The maximum atomic E-state index is 10.4. The third-order valence-corrected chi connectivity index (χ3v) is 2.38. The average Bonchev–Trinajstić information content (AvgIpc) is 2.18. The summed E-state index contributed by atoms with van der Waals surface area (Å²) in [4.78, 5) is 10.4. The molecule has 1 aromatic rings. The first-order chi connectivity index (χ1) is 7.80. The van der Waals surface area contributed by atoms with E-state index in [-0.39, 0.29) is 11.8 Å². The van der Waals surface area contributed by atoms with E-state index in [1.807, 2.05) is 18.2 Å². The fraction of sp³-hybridized carbons (Fsp3) is 0.357. The highest BCUT2D eigenvalue weighted by Gasteiger charge is 2.14. The van der Waals surface area contributed by atoms with E-state index < -0.39 is 5.97 Å². The number of rotatable bonds is 1. The molecule has 0 fully saturated rings. The van der Waals surface area contributed by atoms with Gasteiger partial charge in [-0.15, -0.1) is 0 Å². The van der Waals surface area contributed by atoms with Crippen LogP contribution >= 0.6 is 0 Å². The predicted octanol–water partition coefficient (Wildman–Crippen LogP) is 2.39. The first-order valence-corrected chi connectivity index (χ1v) is 5.41. The van der Waals surface area contributed by atoms with E-state index in [0.717, 1.165) is 5.56 Å². The quantitative estimate of drug-likeness (QED) is 0.576. The number of benzene rings is 1. The number of carboxylic acids is 1. The van der Waals surface area contributed by atoms with Gasteiger partial charge in [0.1, 0.15) is 6.42 Å². The van der Waals surface area contributed by atoms with Crippen LogP contribution in [0.2, 0.25) is 0 Å². The zero-order valence-electron chi connectivity index (χ0n) is 10.4. The highest BCUT2D eigenvalue weighted by Crippen LogP contribution is 2.25. The summed E-state index contributed by atoms with van der Waals surface area (Å²) >= 11 is 0. The van der Waals surface area contributed by atoms with Crippen molar-refractivity contribution >= 4 is 11.7 Å². The Morgan fingerprint density at radius 3 is 2.59 bits per heavy atom. The molecule has 0 radical (unpaired) electrons. The number of nitrogen functional groups attached to an aromatic ring is 1. The number of hydrogen-bond donors (Lipinski definition) is 2.